The maximum atomic E-state index is 14.8. The lowest BCUT2D eigenvalue weighted by molar-refractivity contribution is 0.506. The third-order valence-electron chi connectivity index (χ3n) is 5.58. The van der Waals surface area contributed by atoms with Gasteiger partial charge in [-0.25, -0.2) is 8.78 Å². The van der Waals surface area contributed by atoms with Crippen LogP contribution < -0.4 is 15.5 Å². The molecule has 0 aliphatic carbocycles. The van der Waals surface area contributed by atoms with E-state index in [1.54, 1.807) is 24.8 Å². The van der Waals surface area contributed by atoms with E-state index in [-0.39, 0.29) is 11.6 Å². The lowest BCUT2D eigenvalue weighted by Crippen LogP contribution is -2.43. The van der Waals surface area contributed by atoms with E-state index in [2.05, 4.69) is 14.9 Å². The van der Waals surface area contributed by atoms with Gasteiger partial charge < -0.3 is 15.5 Å². The molecule has 0 saturated carbocycles. The van der Waals surface area contributed by atoms with Crippen LogP contribution in [0.1, 0.15) is 23.8 Å². The van der Waals surface area contributed by atoms with Gasteiger partial charge in [0.2, 0.25) is 0 Å². The Balaban J connectivity index is 1.66. The number of aromatic nitrogens is 2. The number of pyridine rings is 2. The minimum Gasteiger partial charge on any atom is -0.368 e. The number of halogens is 2. The van der Waals surface area contributed by atoms with Crippen molar-refractivity contribution in [1.82, 2.24) is 9.97 Å². The van der Waals surface area contributed by atoms with Crippen LogP contribution in [0.25, 0.3) is 0 Å². The Morgan fingerprint density at radius 2 is 1.70 bits per heavy atom. The molecule has 0 radical (unpaired) electrons. The Morgan fingerprint density at radius 1 is 0.967 bits per heavy atom. The van der Waals surface area contributed by atoms with Gasteiger partial charge in [0.25, 0.3) is 0 Å². The van der Waals surface area contributed by atoms with Crippen molar-refractivity contribution >= 4 is 28.8 Å². The van der Waals surface area contributed by atoms with Crippen LogP contribution in [0.4, 0.5) is 25.8 Å². The molecule has 2 N–H and O–H groups in total. The maximum Gasteiger partial charge on any atom is 0.132 e. The molecule has 1 saturated heterocycles. The number of hydrogen-bond donors (Lipinski definition) is 1. The Morgan fingerprint density at radius 3 is 2.47 bits per heavy atom. The lowest BCUT2D eigenvalue weighted by atomic mass is 10.1. The Bertz CT molecular complexity index is 1060. The molecule has 0 amide bonds. The van der Waals surface area contributed by atoms with E-state index in [1.165, 1.54) is 30.0 Å². The zero-order valence-electron chi connectivity index (χ0n) is 16.2. The summed E-state index contributed by atoms with van der Waals surface area (Å²) in [5, 5.41) is -0.605. The summed E-state index contributed by atoms with van der Waals surface area (Å²) in [4.78, 5) is 13.7. The molecule has 1 unspecified atom stereocenters. The van der Waals surface area contributed by atoms with Crippen LogP contribution in [-0.4, -0.2) is 29.1 Å². The van der Waals surface area contributed by atoms with Crippen LogP contribution in [0.5, 0.6) is 0 Å². The van der Waals surface area contributed by atoms with Gasteiger partial charge in [-0.3, -0.25) is 9.97 Å². The van der Waals surface area contributed by atoms with Crippen molar-refractivity contribution in [1.29, 1.82) is 0 Å². The number of fused-ring (bicyclic) bond motifs is 1. The topological polar surface area (TPSA) is 58.3 Å². The lowest BCUT2D eigenvalue weighted by Gasteiger charge is -2.36. The molecule has 2 aromatic heterocycles. The van der Waals surface area contributed by atoms with Crippen LogP contribution in [0, 0.1) is 11.6 Å². The average molecular weight is 426 g/mol. The zero-order chi connectivity index (χ0) is 20.7. The van der Waals surface area contributed by atoms with Gasteiger partial charge in [0.15, 0.2) is 0 Å². The highest BCUT2D eigenvalue weighted by molar-refractivity contribution is 8.00. The number of nitrogens with zero attached hydrogens (tertiary/aromatic N) is 4. The molecule has 2 aliphatic heterocycles. The molecule has 2 atom stereocenters. The Labute approximate surface area is 177 Å². The van der Waals surface area contributed by atoms with Crippen molar-refractivity contribution < 1.29 is 8.78 Å². The van der Waals surface area contributed by atoms with Crippen molar-refractivity contribution in [2.24, 2.45) is 5.73 Å². The Kier molecular flexibility index (Phi) is 5.04. The van der Waals surface area contributed by atoms with Crippen molar-refractivity contribution in [2.45, 2.75) is 29.2 Å². The molecule has 2 aliphatic rings. The van der Waals surface area contributed by atoms with Gasteiger partial charge in [-0.15, -0.1) is 0 Å². The fourth-order valence-corrected chi connectivity index (χ4v) is 5.53. The summed E-state index contributed by atoms with van der Waals surface area (Å²) in [5.41, 5.74) is 8.81. The number of benzene rings is 1. The quantitative estimate of drug-likeness (QED) is 0.661. The predicted molar refractivity (Wildman–Crippen MR) is 115 cm³/mol. The predicted octanol–water partition coefficient (Wildman–Crippen LogP) is 4.62. The first kappa shape index (κ1) is 19.3. The first-order valence-corrected chi connectivity index (χ1v) is 10.8. The standard InChI is InChI=1S/C22H21F2N5S/c23-15-4-1-5-16(24)21(15)22-29(19-12-27-9-7-20(19)30-22)18-11-26-8-6-17(18)28-10-2-3-14(25)13-28/h1,4-9,11-12,14,22H,2-3,10,13,25H2/t14?,22-/m0/s1. The van der Waals surface area contributed by atoms with Crippen molar-refractivity contribution in [3.05, 3.63) is 72.3 Å². The van der Waals surface area contributed by atoms with Gasteiger partial charge in [0.05, 0.1) is 35.0 Å². The summed E-state index contributed by atoms with van der Waals surface area (Å²) in [7, 11) is 0. The van der Waals surface area contributed by atoms with E-state index in [4.69, 9.17) is 5.73 Å². The summed E-state index contributed by atoms with van der Waals surface area (Å²) in [6.07, 6.45) is 8.92. The molecule has 4 heterocycles. The van der Waals surface area contributed by atoms with Gasteiger partial charge in [-0.05, 0) is 37.1 Å². The molecule has 1 aromatic carbocycles. The smallest absolute Gasteiger partial charge is 0.132 e. The first-order valence-electron chi connectivity index (χ1n) is 9.92. The van der Waals surface area contributed by atoms with Crippen LogP contribution in [0.2, 0.25) is 0 Å². The molecular weight excluding hydrogens is 404 g/mol. The molecule has 154 valence electrons. The third-order valence-corrected chi connectivity index (χ3v) is 6.85. The molecule has 5 nitrogen and oxygen atoms in total. The largest absolute Gasteiger partial charge is 0.368 e. The maximum absolute atomic E-state index is 14.8. The Hall–Kier alpha value is -2.71. The second-order valence-electron chi connectivity index (χ2n) is 7.53. The van der Waals surface area contributed by atoms with Gasteiger partial charge >= 0.3 is 0 Å². The number of thioether (sulfide) groups is 1. The van der Waals surface area contributed by atoms with E-state index in [0.29, 0.717) is 0 Å². The van der Waals surface area contributed by atoms with Crippen molar-refractivity contribution in [3.8, 4) is 0 Å². The van der Waals surface area contributed by atoms with Crippen LogP contribution in [0.3, 0.4) is 0 Å². The van der Waals surface area contributed by atoms with Gasteiger partial charge in [-0.1, -0.05) is 17.8 Å². The summed E-state index contributed by atoms with van der Waals surface area (Å²) in [6, 6.07) is 7.90. The van der Waals surface area contributed by atoms with E-state index < -0.39 is 17.0 Å². The molecule has 0 bridgehead atoms. The summed E-state index contributed by atoms with van der Waals surface area (Å²) >= 11 is 1.41. The van der Waals surface area contributed by atoms with Crippen LogP contribution >= 0.6 is 11.8 Å². The second-order valence-corrected chi connectivity index (χ2v) is 8.65. The monoisotopic (exact) mass is 425 g/mol. The molecular formula is C22H21F2N5S. The molecule has 30 heavy (non-hydrogen) atoms. The highest BCUT2D eigenvalue weighted by atomic mass is 32.2. The van der Waals surface area contributed by atoms with Gasteiger partial charge in [0, 0.05) is 36.4 Å². The fraction of sp³-hybridized carbons (Fsp3) is 0.273. The van der Waals surface area contributed by atoms with Crippen LogP contribution in [-0.2, 0) is 0 Å². The molecule has 5 rings (SSSR count). The SMILES string of the molecule is NC1CCCN(c2ccncc2N2c3cnccc3S[C@H]2c2c(F)cccc2F)C1. The molecule has 3 aromatic rings. The number of rotatable bonds is 3. The second kappa shape index (κ2) is 7.85. The van der Waals surface area contributed by atoms with Crippen molar-refractivity contribution in [2.75, 3.05) is 22.9 Å². The molecule has 8 heteroatoms. The molecule has 1 fully saturated rings. The average Bonchev–Trinajstić information content (AvgIpc) is 3.12. The minimum atomic E-state index is -0.605. The summed E-state index contributed by atoms with van der Waals surface area (Å²) in [6.45, 7) is 1.61. The third kappa shape index (κ3) is 3.30. The number of hydrogen-bond acceptors (Lipinski definition) is 6. The van der Waals surface area contributed by atoms with E-state index in [9.17, 15) is 8.78 Å². The minimum absolute atomic E-state index is 0.0313. The fourth-order valence-electron chi connectivity index (χ4n) is 4.20. The zero-order valence-corrected chi connectivity index (χ0v) is 17.0. The van der Waals surface area contributed by atoms with Crippen LogP contribution in [0.15, 0.2) is 60.0 Å². The number of piperidine rings is 1. The molecule has 0 spiro atoms. The van der Waals surface area contributed by atoms with Crippen molar-refractivity contribution in [3.63, 3.8) is 0 Å². The van der Waals surface area contributed by atoms with Gasteiger partial charge in [-0.2, -0.15) is 0 Å². The van der Waals surface area contributed by atoms with Gasteiger partial charge in [0.1, 0.15) is 17.0 Å². The van der Waals surface area contributed by atoms with E-state index in [1.807, 2.05) is 17.0 Å². The number of anilines is 3. The normalized spacial score (nSPS) is 21.0. The van der Waals surface area contributed by atoms with E-state index >= 15 is 0 Å². The summed E-state index contributed by atoms with van der Waals surface area (Å²) in [5.74, 6) is -1.13. The number of nitrogens with two attached hydrogens (primary N) is 1. The van der Waals surface area contributed by atoms with E-state index in [0.717, 1.165) is 47.9 Å². The highest BCUT2D eigenvalue weighted by Crippen LogP contribution is 2.56. The first-order chi connectivity index (χ1) is 14.6. The summed E-state index contributed by atoms with van der Waals surface area (Å²) < 4.78 is 29.6. The highest BCUT2D eigenvalue weighted by Gasteiger charge is 2.38.